The van der Waals surface area contributed by atoms with E-state index in [0.717, 1.165) is 0 Å². The van der Waals surface area contributed by atoms with Gasteiger partial charge in [0.1, 0.15) is 5.75 Å². The molecular weight excluding hydrogens is 306 g/mol. The number of nitrogens with one attached hydrogen (secondary N) is 1. The number of para-hydroxylation sites is 1. The summed E-state index contributed by atoms with van der Waals surface area (Å²) in [5.41, 5.74) is 0.602. The molecule has 0 radical (unpaired) electrons. The van der Waals surface area contributed by atoms with Gasteiger partial charge in [-0.1, -0.05) is 12.1 Å². The lowest BCUT2D eigenvalue weighted by molar-refractivity contribution is -0.123. The fourth-order valence-corrected chi connectivity index (χ4v) is 2.77. The summed E-state index contributed by atoms with van der Waals surface area (Å²) >= 11 is 0. The van der Waals surface area contributed by atoms with Crippen LogP contribution in [-0.2, 0) is 4.79 Å². The molecule has 1 aromatic rings. The molecule has 1 aliphatic rings. The molecule has 1 heterocycles. The van der Waals surface area contributed by atoms with E-state index in [1.165, 1.54) is 0 Å². The van der Waals surface area contributed by atoms with Gasteiger partial charge in [-0.15, -0.1) is 0 Å². The number of rotatable bonds is 6. The van der Waals surface area contributed by atoms with Crippen molar-refractivity contribution in [2.75, 3.05) is 39.3 Å². The van der Waals surface area contributed by atoms with E-state index in [1.807, 2.05) is 43.9 Å². The monoisotopic (exact) mass is 333 g/mol. The van der Waals surface area contributed by atoms with Crippen LogP contribution in [0.1, 0.15) is 31.1 Å². The molecule has 0 aromatic heterocycles. The first-order valence-corrected chi connectivity index (χ1v) is 8.54. The maximum absolute atomic E-state index is 12.7. The molecule has 2 amide bonds. The van der Waals surface area contributed by atoms with Gasteiger partial charge >= 0.3 is 0 Å². The Kier molecular flexibility index (Phi) is 6.61. The number of hydrogen-bond acceptors (Lipinski definition) is 4. The molecule has 1 aromatic carbocycles. The number of nitrogens with zero attached hydrogens (tertiary/aromatic N) is 2. The number of carbonyl (C=O) groups excluding carboxylic acids is 2. The van der Waals surface area contributed by atoms with Crippen LogP contribution in [0, 0.1) is 0 Å². The van der Waals surface area contributed by atoms with Gasteiger partial charge in [-0.2, -0.15) is 0 Å². The molecule has 1 aliphatic heterocycles. The third-order valence-electron chi connectivity index (χ3n) is 3.89. The fourth-order valence-electron chi connectivity index (χ4n) is 2.77. The number of amides is 2. The first kappa shape index (κ1) is 18.3. The van der Waals surface area contributed by atoms with E-state index < -0.39 is 0 Å². The molecule has 132 valence electrons. The molecule has 0 atom stereocenters. The topological polar surface area (TPSA) is 61.9 Å². The van der Waals surface area contributed by atoms with Crippen molar-refractivity contribution in [2.45, 2.75) is 26.8 Å². The third kappa shape index (κ3) is 4.96. The highest BCUT2D eigenvalue weighted by Gasteiger charge is 2.25. The van der Waals surface area contributed by atoms with Crippen molar-refractivity contribution in [1.82, 2.24) is 15.1 Å². The van der Waals surface area contributed by atoms with E-state index in [0.29, 0.717) is 50.6 Å². The number of benzene rings is 1. The van der Waals surface area contributed by atoms with Gasteiger partial charge in [0.25, 0.3) is 5.91 Å². The minimum Gasteiger partial charge on any atom is -0.493 e. The molecule has 0 bridgehead atoms. The van der Waals surface area contributed by atoms with E-state index in [2.05, 4.69) is 10.2 Å². The summed E-state index contributed by atoms with van der Waals surface area (Å²) in [4.78, 5) is 28.5. The number of ether oxygens (including phenoxy) is 1. The van der Waals surface area contributed by atoms with Crippen LogP contribution in [0.3, 0.4) is 0 Å². The Hall–Kier alpha value is -2.08. The van der Waals surface area contributed by atoms with E-state index in [9.17, 15) is 9.59 Å². The lowest BCUT2D eigenvalue weighted by Crippen LogP contribution is -2.51. The van der Waals surface area contributed by atoms with Gasteiger partial charge in [-0.25, -0.2) is 0 Å². The van der Waals surface area contributed by atoms with Crippen LogP contribution in [0.15, 0.2) is 24.3 Å². The highest BCUT2D eigenvalue weighted by molar-refractivity contribution is 5.97. The molecular formula is C18H27N3O3. The summed E-state index contributed by atoms with van der Waals surface area (Å²) in [6.07, 6.45) is 0. The van der Waals surface area contributed by atoms with Crippen LogP contribution in [0.25, 0.3) is 0 Å². The van der Waals surface area contributed by atoms with Crippen molar-refractivity contribution in [3.05, 3.63) is 29.8 Å². The van der Waals surface area contributed by atoms with E-state index >= 15 is 0 Å². The lowest BCUT2D eigenvalue weighted by Gasteiger charge is -2.34. The Bertz CT molecular complexity index is 566. The zero-order chi connectivity index (χ0) is 17.5. The standard InChI is InChI=1S/C18H27N3O3/c1-4-24-16-8-6-5-7-15(16)18(23)21-11-9-20(10-12-21)13-17(22)19-14(2)3/h5-8,14H,4,9-13H2,1-3H3,(H,19,22). The highest BCUT2D eigenvalue weighted by Crippen LogP contribution is 2.20. The first-order chi connectivity index (χ1) is 11.5. The Morgan fingerprint density at radius 1 is 1.17 bits per heavy atom. The SMILES string of the molecule is CCOc1ccccc1C(=O)N1CCN(CC(=O)NC(C)C)CC1. The second kappa shape index (κ2) is 8.68. The van der Waals surface area contributed by atoms with Crippen LogP contribution in [0.5, 0.6) is 5.75 Å². The zero-order valence-corrected chi connectivity index (χ0v) is 14.7. The van der Waals surface area contributed by atoms with Crippen molar-refractivity contribution in [3.8, 4) is 5.75 Å². The normalized spacial score (nSPS) is 15.4. The van der Waals surface area contributed by atoms with Crippen LogP contribution in [-0.4, -0.2) is 67.0 Å². The summed E-state index contributed by atoms with van der Waals surface area (Å²) in [6, 6.07) is 7.49. The second-order valence-electron chi connectivity index (χ2n) is 6.22. The van der Waals surface area contributed by atoms with Crippen LogP contribution in [0.2, 0.25) is 0 Å². The van der Waals surface area contributed by atoms with Crippen molar-refractivity contribution in [3.63, 3.8) is 0 Å². The fraction of sp³-hybridized carbons (Fsp3) is 0.556. The summed E-state index contributed by atoms with van der Waals surface area (Å²) in [6.45, 7) is 9.36. The Morgan fingerprint density at radius 3 is 2.46 bits per heavy atom. The molecule has 1 fully saturated rings. The van der Waals surface area contributed by atoms with Gasteiger partial charge in [0.15, 0.2) is 0 Å². The molecule has 0 unspecified atom stereocenters. The average Bonchev–Trinajstić information content (AvgIpc) is 2.55. The van der Waals surface area contributed by atoms with Crippen LogP contribution in [0.4, 0.5) is 0 Å². The molecule has 0 aliphatic carbocycles. The van der Waals surface area contributed by atoms with Crippen molar-refractivity contribution in [2.24, 2.45) is 0 Å². The van der Waals surface area contributed by atoms with Gasteiger partial charge in [-0.05, 0) is 32.9 Å². The van der Waals surface area contributed by atoms with Gasteiger partial charge in [0, 0.05) is 32.2 Å². The predicted molar refractivity (Wildman–Crippen MR) is 93.2 cm³/mol. The van der Waals surface area contributed by atoms with E-state index in [1.54, 1.807) is 6.07 Å². The van der Waals surface area contributed by atoms with Gasteiger partial charge in [-0.3, -0.25) is 14.5 Å². The van der Waals surface area contributed by atoms with Crippen LogP contribution >= 0.6 is 0 Å². The van der Waals surface area contributed by atoms with Crippen molar-refractivity contribution < 1.29 is 14.3 Å². The minimum atomic E-state index is -0.00895. The van der Waals surface area contributed by atoms with Gasteiger partial charge in [0.05, 0.1) is 18.7 Å². The number of piperazine rings is 1. The maximum Gasteiger partial charge on any atom is 0.257 e. The summed E-state index contributed by atoms with van der Waals surface area (Å²) in [5.74, 6) is 0.653. The second-order valence-corrected chi connectivity index (χ2v) is 6.22. The molecule has 6 nitrogen and oxygen atoms in total. The Balaban J connectivity index is 1.90. The predicted octanol–water partition coefficient (Wildman–Crippen LogP) is 1.37. The van der Waals surface area contributed by atoms with E-state index in [4.69, 9.17) is 4.74 Å². The molecule has 1 N–H and O–H groups in total. The summed E-state index contributed by atoms with van der Waals surface area (Å²) in [5, 5.41) is 2.89. The summed E-state index contributed by atoms with van der Waals surface area (Å²) < 4.78 is 5.55. The van der Waals surface area contributed by atoms with Gasteiger partial charge in [0.2, 0.25) is 5.91 Å². The lowest BCUT2D eigenvalue weighted by atomic mass is 10.1. The minimum absolute atomic E-state index is 0.00895. The smallest absolute Gasteiger partial charge is 0.257 e. The third-order valence-corrected chi connectivity index (χ3v) is 3.89. The van der Waals surface area contributed by atoms with Crippen molar-refractivity contribution >= 4 is 11.8 Å². The molecule has 6 heteroatoms. The van der Waals surface area contributed by atoms with Crippen molar-refractivity contribution in [1.29, 1.82) is 0 Å². The largest absolute Gasteiger partial charge is 0.493 e. The number of hydrogen-bond donors (Lipinski definition) is 1. The van der Waals surface area contributed by atoms with Gasteiger partial charge < -0.3 is 15.0 Å². The molecule has 1 saturated heterocycles. The molecule has 0 saturated carbocycles. The highest BCUT2D eigenvalue weighted by atomic mass is 16.5. The molecule has 2 rings (SSSR count). The van der Waals surface area contributed by atoms with Crippen LogP contribution < -0.4 is 10.1 Å². The maximum atomic E-state index is 12.7. The first-order valence-electron chi connectivity index (χ1n) is 8.54. The zero-order valence-electron chi connectivity index (χ0n) is 14.7. The molecule has 24 heavy (non-hydrogen) atoms. The Labute approximate surface area is 143 Å². The number of carbonyl (C=O) groups is 2. The quantitative estimate of drug-likeness (QED) is 0.854. The Morgan fingerprint density at radius 2 is 1.83 bits per heavy atom. The van der Waals surface area contributed by atoms with E-state index in [-0.39, 0.29) is 17.9 Å². The summed E-state index contributed by atoms with van der Waals surface area (Å²) in [7, 11) is 0. The average molecular weight is 333 g/mol. The molecule has 0 spiro atoms.